The highest BCUT2D eigenvalue weighted by Crippen LogP contribution is 2.51. The van der Waals surface area contributed by atoms with Crippen LogP contribution in [-0.4, -0.2) is 15.9 Å². The molecule has 2 aromatic carbocycles. The average molecular weight is 422 g/mol. The van der Waals surface area contributed by atoms with Gasteiger partial charge in [-0.05, 0) is 24.3 Å². The largest absolute Gasteiger partial charge is 0.272 e. The second kappa shape index (κ2) is 7.54. The van der Waals surface area contributed by atoms with Crippen molar-refractivity contribution in [1.29, 1.82) is 0 Å². The Hall–Kier alpha value is -3.11. The summed E-state index contributed by atoms with van der Waals surface area (Å²) in [4.78, 5) is 5.51. The van der Waals surface area contributed by atoms with E-state index in [4.69, 9.17) is 15.2 Å². The molecule has 0 bridgehead atoms. The van der Waals surface area contributed by atoms with Crippen molar-refractivity contribution in [1.82, 2.24) is 10.2 Å². The van der Waals surface area contributed by atoms with Gasteiger partial charge in [0.05, 0.1) is 16.9 Å². The van der Waals surface area contributed by atoms with Gasteiger partial charge in [-0.25, -0.2) is 0 Å². The lowest BCUT2D eigenvalue weighted by atomic mass is 9.75. The molecular formula is C27H23N3S. The van der Waals surface area contributed by atoms with Crippen LogP contribution in [0.25, 0.3) is 22.5 Å². The topological polar surface area (TPSA) is 38.1 Å². The number of nitrogens with zero attached hydrogens (tertiary/aromatic N) is 3. The van der Waals surface area contributed by atoms with Crippen LogP contribution in [0, 0.1) is 0 Å². The van der Waals surface area contributed by atoms with Gasteiger partial charge in [0.2, 0.25) is 0 Å². The highest BCUT2D eigenvalue weighted by Gasteiger charge is 2.45. The summed E-state index contributed by atoms with van der Waals surface area (Å²) >= 11 is 1.72. The summed E-state index contributed by atoms with van der Waals surface area (Å²) in [5.41, 5.74) is 8.71. The van der Waals surface area contributed by atoms with Crippen molar-refractivity contribution in [2.24, 2.45) is 4.99 Å². The fourth-order valence-electron chi connectivity index (χ4n) is 5.15. The highest BCUT2D eigenvalue weighted by atomic mass is 32.1. The Morgan fingerprint density at radius 3 is 1.97 bits per heavy atom. The Kier molecular flexibility index (Phi) is 4.53. The number of aliphatic imine (C=N–C) groups is 1. The number of thiophene rings is 1. The van der Waals surface area contributed by atoms with E-state index in [0.717, 1.165) is 41.1 Å². The molecule has 4 aromatic rings. The summed E-state index contributed by atoms with van der Waals surface area (Å²) in [7, 11) is 0. The second-order valence-corrected chi connectivity index (χ2v) is 9.22. The van der Waals surface area contributed by atoms with Crippen LogP contribution in [0.15, 0.2) is 82.5 Å². The molecule has 0 N–H and O–H groups in total. The third kappa shape index (κ3) is 3.05. The number of hydrogen-bond donors (Lipinski definition) is 0. The lowest BCUT2D eigenvalue weighted by Crippen LogP contribution is -2.26. The second-order valence-electron chi connectivity index (χ2n) is 8.44. The summed E-state index contributed by atoms with van der Waals surface area (Å²) in [6.07, 6.45) is 5.85. The van der Waals surface area contributed by atoms with Gasteiger partial charge >= 0.3 is 0 Å². The van der Waals surface area contributed by atoms with Crippen LogP contribution in [0.1, 0.15) is 48.8 Å². The Morgan fingerprint density at radius 1 is 0.677 bits per heavy atom. The van der Waals surface area contributed by atoms with Crippen LogP contribution in [0.3, 0.4) is 0 Å². The fraction of sp³-hybridized carbons (Fsp3) is 0.222. The molecule has 2 aromatic heterocycles. The molecule has 6 rings (SSSR count). The molecule has 1 aliphatic carbocycles. The minimum Gasteiger partial charge on any atom is -0.272 e. The molecule has 0 atom stereocenters. The maximum atomic E-state index is 5.51. The van der Waals surface area contributed by atoms with E-state index in [2.05, 4.69) is 71.4 Å². The smallest absolute Gasteiger partial charge is 0.103 e. The molecule has 0 amide bonds. The van der Waals surface area contributed by atoms with Crippen LogP contribution in [0.2, 0.25) is 0 Å². The van der Waals surface area contributed by atoms with Crippen molar-refractivity contribution in [3.05, 3.63) is 94.2 Å². The standard InChI is InChI=1S/C27H23N3S/c1-4-10-19(11-5-1)25-22-23(26(30-29-25)20-12-6-2-7-13-20)27(15-8-3-9-16-27)28-24(22)21-14-17-31-18-21/h1-2,4-7,10-14,17-18H,3,8-9,15-16H2. The summed E-state index contributed by atoms with van der Waals surface area (Å²) in [6.45, 7) is 0. The van der Waals surface area contributed by atoms with Crippen LogP contribution >= 0.6 is 11.3 Å². The first-order valence-corrected chi connectivity index (χ1v) is 11.9. The third-order valence-electron chi connectivity index (χ3n) is 6.57. The van der Waals surface area contributed by atoms with Crippen molar-refractivity contribution in [2.45, 2.75) is 37.6 Å². The van der Waals surface area contributed by atoms with Crippen LogP contribution in [-0.2, 0) is 5.54 Å². The lowest BCUT2D eigenvalue weighted by Gasteiger charge is -2.33. The van der Waals surface area contributed by atoms with Gasteiger partial charge in [-0.3, -0.25) is 4.99 Å². The zero-order valence-electron chi connectivity index (χ0n) is 17.3. The van der Waals surface area contributed by atoms with Crippen LogP contribution in [0.4, 0.5) is 0 Å². The fourth-order valence-corrected chi connectivity index (χ4v) is 5.79. The molecule has 31 heavy (non-hydrogen) atoms. The number of fused-ring (bicyclic) bond motifs is 2. The molecule has 1 aliphatic heterocycles. The molecule has 0 unspecified atom stereocenters. The number of hydrogen-bond acceptors (Lipinski definition) is 4. The van der Waals surface area contributed by atoms with Gasteiger partial charge in [0.15, 0.2) is 0 Å². The Bertz CT molecular complexity index is 1240. The average Bonchev–Trinajstić information content (AvgIpc) is 3.48. The zero-order valence-corrected chi connectivity index (χ0v) is 18.1. The van der Waals surface area contributed by atoms with Gasteiger partial charge in [-0.1, -0.05) is 79.9 Å². The minimum atomic E-state index is -0.199. The van der Waals surface area contributed by atoms with Gasteiger partial charge in [-0.2, -0.15) is 11.3 Å². The number of rotatable bonds is 3. The van der Waals surface area contributed by atoms with E-state index < -0.39 is 0 Å². The molecule has 0 radical (unpaired) electrons. The van der Waals surface area contributed by atoms with E-state index in [1.54, 1.807) is 11.3 Å². The first kappa shape index (κ1) is 18.6. The molecular weight excluding hydrogens is 398 g/mol. The normalized spacial score (nSPS) is 16.8. The first-order valence-electron chi connectivity index (χ1n) is 11.0. The highest BCUT2D eigenvalue weighted by molar-refractivity contribution is 7.08. The Labute approximate surface area is 186 Å². The quantitative estimate of drug-likeness (QED) is 0.361. The number of benzene rings is 2. The van der Waals surface area contributed by atoms with Crippen molar-refractivity contribution in [3.8, 4) is 22.5 Å². The van der Waals surface area contributed by atoms with E-state index in [-0.39, 0.29) is 5.54 Å². The lowest BCUT2D eigenvalue weighted by molar-refractivity contribution is 0.310. The number of aromatic nitrogens is 2. The Balaban J connectivity index is 1.69. The summed E-state index contributed by atoms with van der Waals surface area (Å²) < 4.78 is 0. The predicted molar refractivity (Wildman–Crippen MR) is 128 cm³/mol. The molecule has 2 aliphatic rings. The molecule has 1 saturated carbocycles. The Morgan fingerprint density at radius 2 is 1.32 bits per heavy atom. The van der Waals surface area contributed by atoms with Crippen molar-refractivity contribution in [2.75, 3.05) is 0 Å². The summed E-state index contributed by atoms with van der Waals surface area (Å²) in [5, 5.41) is 14.0. The summed E-state index contributed by atoms with van der Waals surface area (Å²) in [6, 6.07) is 23.1. The summed E-state index contributed by atoms with van der Waals surface area (Å²) in [5.74, 6) is 0. The maximum Gasteiger partial charge on any atom is 0.103 e. The minimum absolute atomic E-state index is 0.199. The van der Waals surface area contributed by atoms with Crippen LogP contribution in [0.5, 0.6) is 0 Å². The molecule has 0 saturated heterocycles. The van der Waals surface area contributed by atoms with Crippen LogP contribution < -0.4 is 0 Å². The van der Waals surface area contributed by atoms with E-state index >= 15 is 0 Å². The molecule has 4 heteroatoms. The van der Waals surface area contributed by atoms with E-state index in [1.807, 2.05) is 6.07 Å². The van der Waals surface area contributed by atoms with Crippen molar-refractivity contribution >= 4 is 17.0 Å². The molecule has 1 spiro atoms. The van der Waals surface area contributed by atoms with Gasteiger partial charge in [0, 0.05) is 33.2 Å². The van der Waals surface area contributed by atoms with E-state index in [9.17, 15) is 0 Å². The first-order chi connectivity index (χ1) is 15.4. The monoisotopic (exact) mass is 421 g/mol. The van der Waals surface area contributed by atoms with Gasteiger partial charge in [-0.15, -0.1) is 10.2 Å². The van der Waals surface area contributed by atoms with Gasteiger partial charge < -0.3 is 0 Å². The van der Waals surface area contributed by atoms with Gasteiger partial charge in [0.1, 0.15) is 5.69 Å². The molecule has 3 heterocycles. The van der Waals surface area contributed by atoms with Crippen molar-refractivity contribution in [3.63, 3.8) is 0 Å². The predicted octanol–water partition coefficient (Wildman–Crippen LogP) is 6.88. The van der Waals surface area contributed by atoms with Gasteiger partial charge in [0.25, 0.3) is 0 Å². The molecule has 152 valence electrons. The van der Waals surface area contributed by atoms with E-state index in [0.29, 0.717) is 0 Å². The third-order valence-corrected chi connectivity index (χ3v) is 7.25. The SMILES string of the molecule is c1ccc(-c2nnc(-c3ccccc3)c3c2C(c2ccsc2)=NC32CCCCC2)cc1. The van der Waals surface area contributed by atoms with E-state index in [1.165, 1.54) is 36.0 Å². The molecule has 3 nitrogen and oxygen atoms in total. The molecule has 1 fully saturated rings. The maximum absolute atomic E-state index is 5.51. The zero-order chi connectivity index (χ0) is 20.7. The van der Waals surface area contributed by atoms with Crippen molar-refractivity contribution < 1.29 is 0 Å².